The lowest BCUT2D eigenvalue weighted by atomic mass is 9.78. The SMILES string of the molecule is O=C1c2ccccc2C(=O)N1CCN1CCC[C@@H]2CCCC[C@@H]21. The Balaban J connectivity index is 1.43. The Kier molecular flexibility index (Phi) is 3.93. The highest BCUT2D eigenvalue weighted by Gasteiger charge is 2.37. The van der Waals surface area contributed by atoms with Crippen LogP contribution in [0.1, 0.15) is 59.2 Å². The minimum absolute atomic E-state index is 0.122. The van der Waals surface area contributed by atoms with Crippen LogP contribution in [0.3, 0.4) is 0 Å². The van der Waals surface area contributed by atoms with Crippen molar-refractivity contribution in [3.8, 4) is 0 Å². The second kappa shape index (κ2) is 6.08. The molecule has 4 rings (SSSR count). The van der Waals surface area contributed by atoms with Gasteiger partial charge in [-0.25, -0.2) is 0 Å². The molecule has 2 aliphatic heterocycles. The Labute approximate surface area is 137 Å². The predicted molar refractivity (Wildman–Crippen MR) is 88.4 cm³/mol. The molecule has 3 aliphatic rings. The number of fused-ring (bicyclic) bond motifs is 2. The van der Waals surface area contributed by atoms with Gasteiger partial charge in [0, 0.05) is 19.1 Å². The number of hydrogen-bond acceptors (Lipinski definition) is 3. The summed E-state index contributed by atoms with van der Waals surface area (Å²) in [7, 11) is 0. The number of hydrogen-bond donors (Lipinski definition) is 0. The lowest BCUT2D eigenvalue weighted by molar-refractivity contribution is 0.0451. The number of likely N-dealkylation sites (tertiary alicyclic amines) is 1. The van der Waals surface area contributed by atoms with Gasteiger partial charge in [0.1, 0.15) is 0 Å². The molecule has 2 atom stereocenters. The van der Waals surface area contributed by atoms with Gasteiger partial charge in [-0.15, -0.1) is 0 Å². The van der Waals surface area contributed by atoms with E-state index >= 15 is 0 Å². The van der Waals surface area contributed by atoms with E-state index in [9.17, 15) is 9.59 Å². The van der Waals surface area contributed by atoms with E-state index in [-0.39, 0.29) is 11.8 Å². The molecule has 2 heterocycles. The van der Waals surface area contributed by atoms with Gasteiger partial charge in [0.25, 0.3) is 11.8 Å². The van der Waals surface area contributed by atoms with Crippen LogP contribution in [0.4, 0.5) is 0 Å². The van der Waals surface area contributed by atoms with Crippen molar-refractivity contribution in [2.24, 2.45) is 5.92 Å². The first-order valence-corrected chi connectivity index (χ1v) is 8.95. The third-order valence-electron chi connectivity index (χ3n) is 5.85. The van der Waals surface area contributed by atoms with Crippen LogP contribution in [-0.4, -0.2) is 47.3 Å². The maximum atomic E-state index is 12.4. The van der Waals surface area contributed by atoms with E-state index in [0.29, 0.717) is 23.7 Å². The van der Waals surface area contributed by atoms with Crippen LogP contribution >= 0.6 is 0 Å². The van der Waals surface area contributed by atoms with E-state index in [1.54, 1.807) is 12.1 Å². The summed E-state index contributed by atoms with van der Waals surface area (Å²) >= 11 is 0. The van der Waals surface area contributed by atoms with Gasteiger partial charge in [0.2, 0.25) is 0 Å². The third-order valence-corrected chi connectivity index (χ3v) is 5.85. The minimum Gasteiger partial charge on any atom is -0.298 e. The largest absolute Gasteiger partial charge is 0.298 e. The zero-order valence-corrected chi connectivity index (χ0v) is 13.5. The quantitative estimate of drug-likeness (QED) is 0.806. The van der Waals surface area contributed by atoms with Crippen molar-refractivity contribution >= 4 is 11.8 Å². The van der Waals surface area contributed by atoms with Crippen LogP contribution in [0.15, 0.2) is 24.3 Å². The minimum atomic E-state index is -0.122. The molecule has 4 nitrogen and oxygen atoms in total. The highest BCUT2D eigenvalue weighted by Crippen LogP contribution is 2.35. The zero-order valence-electron chi connectivity index (χ0n) is 13.5. The van der Waals surface area contributed by atoms with Gasteiger partial charge in [0.15, 0.2) is 0 Å². The molecule has 1 aliphatic carbocycles. The van der Waals surface area contributed by atoms with Crippen molar-refractivity contribution in [3.63, 3.8) is 0 Å². The Bertz CT molecular complexity index is 591. The molecule has 1 aromatic rings. The normalized spacial score (nSPS) is 27.9. The molecule has 2 amide bonds. The second-order valence-electron chi connectivity index (χ2n) is 7.10. The second-order valence-corrected chi connectivity index (χ2v) is 7.10. The summed E-state index contributed by atoms with van der Waals surface area (Å²) < 4.78 is 0. The van der Waals surface area contributed by atoms with E-state index in [0.717, 1.165) is 19.0 Å². The first-order chi connectivity index (χ1) is 11.3. The Morgan fingerprint density at radius 2 is 1.52 bits per heavy atom. The van der Waals surface area contributed by atoms with E-state index in [4.69, 9.17) is 0 Å². The first kappa shape index (κ1) is 14.9. The monoisotopic (exact) mass is 312 g/mol. The molecule has 0 bridgehead atoms. The summed E-state index contributed by atoms with van der Waals surface area (Å²) in [6, 6.07) is 7.84. The van der Waals surface area contributed by atoms with Crippen LogP contribution in [0, 0.1) is 5.92 Å². The Morgan fingerprint density at radius 3 is 2.26 bits per heavy atom. The van der Waals surface area contributed by atoms with Crippen molar-refractivity contribution in [1.82, 2.24) is 9.80 Å². The molecule has 4 heteroatoms. The summed E-state index contributed by atoms with van der Waals surface area (Å²) in [6.07, 6.45) is 7.94. The highest BCUT2D eigenvalue weighted by molar-refractivity contribution is 6.21. The standard InChI is InChI=1S/C19H24N2O2/c22-18-15-8-2-3-9-16(15)19(23)21(18)13-12-20-11-5-7-14-6-1-4-10-17(14)20/h2-3,8-9,14,17H,1,4-7,10-13H2/t14-,17-/m0/s1. The van der Waals surface area contributed by atoms with Crippen molar-refractivity contribution < 1.29 is 9.59 Å². The summed E-state index contributed by atoms with van der Waals surface area (Å²) in [5.74, 6) is 0.588. The number of rotatable bonds is 3. The Morgan fingerprint density at radius 1 is 0.870 bits per heavy atom. The molecule has 0 radical (unpaired) electrons. The zero-order chi connectivity index (χ0) is 15.8. The van der Waals surface area contributed by atoms with E-state index in [1.165, 1.54) is 43.4 Å². The van der Waals surface area contributed by atoms with Gasteiger partial charge in [-0.2, -0.15) is 0 Å². The van der Waals surface area contributed by atoms with Gasteiger partial charge in [-0.05, 0) is 50.3 Å². The number of amides is 2. The van der Waals surface area contributed by atoms with Crippen LogP contribution in [0.5, 0.6) is 0 Å². The lowest BCUT2D eigenvalue weighted by Gasteiger charge is -2.44. The number of carbonyl (C=O) groups excluding carboxylic acids is 2. The number of nitrogens with zero attached hydrogens (tertiary/aromatic N) is 2. The van der Waals surface area contributed by atoms with Crippen LogP contribution in [0.2, 0.25) is 0 Å². The maximum Gasteiger partial charge on any atom is 0.261 e. The van der Waals surface area contributed by atoms with E-state index in [1.807, 2.05) is 12.1 Å². The molecule has 122 valence electrons. The smallest absolute Gasteiger partial charge is 0.261 e. The summed E-state index contributed by atoms with van der Waals surface area (Å²) in [5, 5.41) is 0. The van der Waals surface area contributed by atoms with E-state index < -0.39 is 0 Å². The fourth-order valence-corrected chi connectivity index (χ4v) is 4.68. The fraction of sp³-hybridized carbons (Fsp3) is 0.579. The third kappa shape index (κ3) is 2.59. The van der Waals surface area contributed by atoms with Gasteiger partial charge >= 0.3 is 0 Å². The molecule has 2 fully saturated rings. The molecule has 0 aromatic heterocycles. The molecule has 0 spiro atoms. The molecular formula is C19H24N2O2. The van der Waals surface area contributed by atoms with Crippen LogP contribution in [-0.2, 0) is 0 Å². The molecular weight excluding hydrogens is 288 g/mol. The van der Waals surface area contributed by atoms with Crippen molar-refractivity contribution in [2.75, 3.05) is 19.6 Å². The molecule has 0 unspecified atom stereocenters. The van der Waals surface area contributed by atoms with Crippen LogP contribution < -0.4 is 0 Å². The average Bonchev–Trinajstić information content (AvgIpc) is 2.84. The molecule has 1 saturated carbocycles. The number of piperidine rings is 1. The van der Waals surface area contributed by atoms with Crippen molar-refractivity contribution in [3.05, 3.63) is 35.4 Å². The topological polar surface area (TPSA) is 40.6 Å². The van der Waals surface area contributed by atoms with Gasteiger partial charge in [-0.1, -0.05) is 25.0 Å². The number of carbonyl (C=O) groups is 2. The molecule has 23 heavy (non-hydrogen) atoms. The molecule has 1 aromatic carbocycles. The van der Waals surface area contributed by atoms with Crippen molar-refractivity contribution in [2.45, 2.75) is 44.6 Å². The van der Waals surface area contributed by atoms with Crippen molar-refractivity contribution in [1.29, 1.82) is 0 Å². The number of benzene rings is 1. The summed E-state index contributed by atoms with van der Waals surface area (Å²) in [4.78, 5) is 28.9. The fourth-order valence-electron chi connectivity index (χ4n) is 4.68. The summed E-state index contributed by atoms with van der Waals surface area (Å²) in [5.41, 5.74) is 1.12. The van der Waals surface area contributed by atoms with Gasteiger partial charge < -0.3 is 0 Å². The Hall–Kier alpha value is -1.68. The summed E-state index contributed by atoms with van der Waals surface area (Å²) in [6.45, 7) is 2.46. The predicted octanol–water partition coefficient (Wildman–Crippen LogP) is 2.94. The first-order valence-electron chi connectivity index (χ1n) is 8.95. The van der Waals surface area contributed by atoms with Gasteiger partial charge in [0.05, 0.1) is 11.1 Å². The molecule has 1 saturated heterocycles. The number of imide groups is 1. The van der Waals surface area contributed by atoms with Crippen LogP contribution in [0.25, 0.3) is 0 Å². The van der Waals surface area contributed by atoms with E-state index in [2.05, 4.69) is 4.90 Å². The highest BCUT2D eigenvalue weighted by atomic mass is 16.2. The molecule has 0 N–H and O–H groups in total. The average molecular weight is 312 g/mol. The van der Waals surface area contributed by atoms with Gasteiger partial charge in [-0.3, -0.25) is 19.4 Å². The maximum absolute atomic E-state index is 12.4. The lowest BCUT2D eigenvalue weighted by Crippen LogP contribution is -2.49.